The number of nitrogens with two attached hydrogens (primary N) is 3. The highest BCUT2D eigenvalue weighted by molar-refractivity contribution is 5.95. The van der Waals surface area contributed by atoms with Gasteiger partial charge in [0.25, 0.3) is 0 Å². The summed E-state index contributed by atoms with van der Waals surface area (Å²) in [4.78, 5) is 64.2. The lowest BCUT2D eigenvalue weighted by Gasteiger charge is -2.25. The van der Waals surface area contributed by atoms with Crippen molar-refractivity contribution in [1.29, 1.82) is 0 Å². The molecule has 35 heavy (non-hydrogen) atoms. The van der Waals surface area contributed by atoms with E-state index in [9.17, 15) is 34.2 Å². The number of amides is 3. The summed E-state index contributed by atoms with van der Waals surface area (Å²) in [5.74, 6) is -5.72. The molecule has 12 N–H and O–H groups in total. The fourth-order valence-corrected chi connectivity index (χ4v) is 2.96. The summed E-state index contributed by atoms with van der Waals surface area (Å²) >= 11 is 0. The van der Waals surface area contributed by atoms with Crippen LogP contribution in [-0.4, -0.2) is 87.8 Å². The van der Waals surface area contributed by atoms with Crippen molar-refractivity contribution in [2.24, 2.45) is 28.1 Å². The van der Waals surface area contributed by atoms with Crippen LogP contribution in [0.1, 0.15) is 46.5 Å². The molecule has 0 aliphatic rings. The van der Waals surface area contributed by atoms with Gasteiger partial charge in [0, 0.05) is 6.54 Å². The van der Waals surface area contributed by atoms with Gasteiger partial charge in [0.15, 0.2) is 12.0 Å². The molecule has 0 heterocycles. The number of aliphatic imine (C=N–C) groups is 1. The van der Waals surface area contributed by atoms with E-state index in [0.29, 0.717) is 6.42 Å². The highest BCUT2D eigenvalue weighted by Crippen LogP contribution is 2.06. The molecule has 200 valence electrons. The van der Waals surface area contributed by atoms with Crippen LogP contribution in [0.25, 0.3) is 0 Å². The minimum absolute atomic E-state index is 0.0666. The lowest BCUT2D eigenvalue weighted by atomic mass is 10.0. The molecule has 15 heteroatoms. The number of carbonyl (C=O) groups is 5. The van der Waals surface area contributed by atoms with Crippen LogP contribution in [0.4, 0.5) is 0 Å². The number of carboxylic acid groups (broad SMARTS) is 2. The van der Waals surface area contributed by atoms with Crippen LogP contribution in [0.2, 0.25) is 0 Å². The van der Waals surface area contributed by atoms with E-state index in [2.05, 4.69) is 20.9 Å². The van der Waals surface area contributed by atoms with Crippen LogP contribution in [0, 0.1) is 5.92 Å². The maximum atomic E-state index is 12.8. The molecule has 0 spiro atoms. The minimum Gasteiger partial charge on any atom is -0.481 e. The molecule has 5 unspecified atom stereocenters. The van der Waals surface area contributed by atoms with Gasteiger partial charge >= 0.3 is 11.9 Å². The van der Waals surface area contributed by atoms with E-state index >= 15 is 0 Å². The van der Waals surface area contributed by atoms with E-state index in [0.717, 1.165) is 6.92 Å². The Bertz CT molecular complexity index is 783. The Morgan fingerprint density at radius 2 is 1.43 bits per heavy atom. The van der Waals surface area contributed by atoms with E-state index in [1.165, 1.54) is 0 Å². The number of nitrogens with zero attached hydrogens (tertiary/aromatic N) is 1. The third-order valence-corrected chi connectivity index (χ3v) is 4.70. The lowest BCUT2D eigenvalue weighted by molar-refractivity contribution is -0.145. The second-order valence-electron chi connectivity index (χ2n) is 8.47. The molecule has 0 aliphatic carbocycles. The quantitative estimate of drug-likeness (QED) is 0.0574. The molecule has 15 nitrogen and oxygen atoms in total. The number of carbonyl (C=O) groups excluding carboxylic acids is 3. The molecule has 0 saturated carbocycles. The third kappa shape index (κ3) is 13.1. The number of aliphatic carboxylic acids is 2. The fourth-order valence-electron chi connectivity index (χ4n) is 2.96. The molecule has 0 rings (SSSR count). The zero-order chi connectivity index (χ0) is 27.3. The predicted octanol–water partition coefficient (Wildman–Crippen LogP) is -3.19. The van der Waals surface area contributed by atoms with Gasteiger partial charge in [-0.15, -0.1) is 0 Å². The first kappa shape index (κ1) is 31.5. The molecule has 0 saturated heterocycles. The van der Waals surface area contributed by atoms with E-state index in [4.69, 9.17) is 22.3 Å². The number of carboxylic acids is 2. The lowest BCUT2D eigenvalue weighted by Crippen LogP contribution is -2.58. The average molecular weight is 504 g/mol. The van der Waals surface area contributed by atoms with E-state index in [1.807, 2.05) is 13.8 Å². The number of guanidine groups is 1. The van der Waals surface area contributed by atoms with Gasteiger partial charge in [-0.3, -0.25) is 24.2 Å². The van der Waals surface area contributed by atoms with Crippen LogP contribution >= 0.6 is 0 Å². The van der Waals surface area contributed by atoms with E-state index in [-0.39, 0.29) is 31.3 Å². The molecule has 0 aromatic heterocycles. The fraction of sp³-hybridized carbons (Fsp3) is 0.700. The summed E-state index contributed by atoms with van der Waals surface area (Å²) < 4.78 is 0. The third-order valence-electron chi connectivity index (χ3n) is 4.70. The maximum Gasteiger partial charge on any atom is 0.328 e. The number of aliphatic hydroxyl groups is 1. The van der Waals surface area contributed by atoms with Gasteiger partial charge in [-0.1, -0.05) is 13.8 Å². The largest absolute Gasteiger partial charge is 0.481 e. The molecular formula is C20H37N7O8. The van der Waals surface area contributed by atoms with Gasteiger partial charge in [-0.05, 0) is 32.1 Å². The van der Waals surface area contributed by atoms with E-state index in [1.54, 1.807) is 0 Å². The molecule has 0 aromatic carbocycles. The van der Waals surface area contributed by atoms with Gasteiger partial charge < -0.3 is 48.5 Å². The van der Waals surface area contributed by atoms with Crippen molar-refractivity contribution in [2.45, 2.75) is 76.7 Å². The van der Waals surface area contributed by atoms with E-state index < -0.39 is 66.4 Å². The number of aliphatic hydroxyl groups excluding tert-OH is 1. The predicted molar refractivity (Wildman–Crippen MR) is 125 cm³/mol. The Morgan fingerprint density at radius 1 is 0.886 bits per heavy atom. The summed E-state index contributed by atoms with van der Waals surface area (Å²) in [5.41, 5.74) is 16.3. The second-order valence-corrected chi connectivity index (χ2v) is 8.47. The van der Waals surface area contributed by atoms with Crippen LogP contribution in [-0.2, 0) is 24.0 Å². The highest BCUT2D eigenvalue weighted by atomic mass is 16.4. The number of hydrogen-bond acceptors (Lipinski definition) is 8. The first-order valence-corrected chi connectivity index (χ1v) is 11.0. The highest BCUT2D eigenvalue weighted by Gasteiger charge is 2.32. The standard InChI is InChI=1S/C20H37N7O8/c1-9(2)7-11(21)16(31)26-13(8-14(29)30)18(33)25-12(5-4-6-24-20(22)23)17(32)27-15(10(3)28)19(34)35/h9-13,15,28H,4-8,21H2,1-3H3,(H,25,33)(H,26,31)(H,27,32)(H,29,30)(H,34,35)(H4,22,23,24). The van der Waals surface area contributed by atoms with Gasteiger partial charge in [0.05, 0.1) is 18.6 Å². The molecule has 0 fully saturated rings. The zero-order valence-electron chi connectivity index (χ0n) is 20.1. The monoisotopic (exact) mass is 503 g/mol. The van der Waals surface area contributed by atoms with Gasteiger partial charge in [-0.2, -0.15) is 0 Å². The Morgan fingerprint density at radius 3 is 1.89 bits per heavy atom. The Kier molecular flexibility index (Phi) is 13.9. The maximum absolute atomic E-state index is 12.8. The second kappa shape index (κ2) is 15.4. The number of hydrogen-bond donors (Lipinski definition) is 9. The summed E-state index contributed by atoms with van der Waals surface area (Å²) in [6.07, 6.45) is -1.84. The van der Waals surface area contributed by atoms with Crippen molar-refractivity contribution in [1.82, 2.24) is 16.0 Å². The molecule has 0 aliphatic heterocycles. The number of rotatable bonds is 16. The Hall–Kier alpha value is -3.46. The molecule has 3 amide bonds. The normalized spacial score (nSPS) is 15.1. The molecular weight excluding hydrogens is 466 g/mol. The van der Waals surface area contributed by atoms with Crippen molar-refractivity contribution in [3.05, 3.63) is 0 Å². The average Bonchev–Trinajstić information content (AvgIpc) is 2.71. The first-order chi connectivity index (χ1) is 16.1. The van der Waals surface area contributed by atoms with Crippen LogP contribution in [0.15, 0.2) is 4.99 Å². The molecule has 5 atom stereocenters. The summed E-state index contributed by atoms with van der Waals surface area (Å²) in [6, 6.07) is -5.56. The van der Waals surface area contributed by atoms with Crippen LogP contribution in [0.5, 0.6) is 0 Å². The summed E-state index contributed by atoms with van der Waals surface area (Å²) in [5, 5.41) is 34.7. The van der Waals surface area contributed by atoms with Crippen LogP contribution in [0.3, 0.4) is 0 Å². The first-order valence-electron chi connectivity index (χ1n) is 11.0. The van der Waals surface area contributed by atoms with Crippen molar-refractivity contribution >= 4 is 35.6 Å². The van der Waals surface area contributed by atoms with Gasteiger partial charge in [0.2, 0.25) is 17.7 Å². The molecule has 0 radical (unpaired) electrons. The zero-order valence-corrected chi connectivity index (χ0v) is 20.1. The van der Waals surface area contributed by atoms with Crippen molar-refractivity contribution < 1.29 is 39.3 Å². The topological polar surface area (TPSA) is 273 Å². The Balaban J connectivity index is 5.63. The molecule has 0 aromatic rings. The van der Waals surface area contributed by atoms with Crippen molar-refractivity contribution in [3.8, 4) is 0 Å². The van der Waals surface area contributed by atoms with Gasteiger partial charge in [-0.25, -0.2) is 4.79 Å². The van der Waals surface area contributed by atoms with Crippen molar-refractivity contribution in [3.63, 3.8) is 0 Å². The smallest absolute Gasteiger partial charge is 0.328 e. The Labute approximate surface area is 202 Å². The SMILES string of the molecule is CC(C)CC(N)C(=O)NC(CC(=O)O)C(=O)NC(CCCN=C(N)N)C(=O)NC(C(=O)O)C(C)O. The summed E-state index contributed by atoms with van der Waals surface area (Å²) in [6.45, 7) is 4.90. The minimum atomic E-state index is -1.66. The summed E-state index contributed by atoms with van der Waals surface area (Å²) in [7, 11) is 0. The number of nitrogens with one attached hydrogen (secondary N) is 3. The van der Waals surface area contributed by atoms with Crippen LogP contribution < -0.4 is 33.2 Å². The van der Waals surface area contributed by atoms with Crippen molar-refractivity contribution in [2.75, 3.05) is 6.54 Å². The molecule has 0 bridgehead atoms. The van der Waals surface area contributed by atoms with Gasteiger partial charge in [0.1, 0.15) is 12.1 Å².